The fraction of sp³-hybridized carbons (Fsp3) is 0.194. The van der Waals surface area contributed by atoms with Gasteiger partial charge in [-0.2, -0.15) is 5.10 Å². The van der Waals surface area contributed by atoms with Crippen molar-refractivity contribution in [3.05, 3.63) is 79.0 Å². The molecule has 8 nitrogen and oxygen atoms in total. The number of aromatic nitrogens is 6. The number of halogens is 1. The minimum Gasteiger partial charge on any atom is -0.338 e. The van der Waals surface area contributed by atoms with Gasteiger partial charge in [0, 0.05) is 29.3 Å². The number of anilines is 1. The quantitative estimate of drug-likeness (QED) is 0.224. The summed E-state index contributed by atoms with van der Waals surface area (Å²) in [5, 5.41) is 11.6. The molecule has 1 aromatic carbocycles. The predicted octanol–water partition coefficient (Wildman–Crippen LogP) is 6.89. The molecular weight excluding hydrogens is 505 g/mol. The Labute approximate surface area is 229 Å². The van der Waals surface area contributed by atoms with E-state index in [1.165, 1.54) is 18.6 Å². The smallest absolute Gasteiger partial charge is 0.227 e. The molecule has 1 saturated carbocycles. The standard InChI is InChI=1S/C31H26FN7O/c32-21-8-6-18(7-9-21)23-12-13-34-30-24(23)15-27(37-30)29-28-26(38-39-29)11-10-25(36-28)20-14-22(17-33-16-20)35-31(40)19-4-2-1-3-5-19/h6-17,19H,1-5H2,(H,34,37)(H,35,40)(H,38,39). The normalized spacial score (nSPS) is 14.1. The van der Waals surface area contributed by atoms with Crippen LogP contribution in [-0.2, 0) is 4.79 Å². The Morgan fingerprint density at radius 1 is 0.950 bits per heavy atom. The molecule has 0 spiro atoms. The summed E-state index contributed by atoms with van der Waals surface area (Å²) in [7, 11) is 0. The van der Waals surface area contributed by atoms with E-state index in [2.05, 4.69) is 30.5 Å². The van der Waals surface area contributed by atoms with Gasteiger partial charge in [0.15, 0.2) is 0 Å². The predicted molar refractivity (Wildman–Crippen MR) is 153 cm³/mol. The number of hydrogen-bond acceptors (Lipinski definition) is 5. The first-order chi connectivity index (χ1) is 19.6. The lowest BCUT2D eigenvalue weighted by Crippen LogP contribution is -2.24. The lowest BCUT2D eigenvalue weighted by Gasteiger charge is -2.20. The Morgan fingerprint density at radius 2 is 1.80 bits per heavy atom. The zero-order chi connectivity index (χ0) is 27.1. The highest BCUT2D eigenvalue weighted by molar-refractivity contribution is 5.99. The zero-order valence-corrected chi connectivity index (χ0v) is 21.6. The van der Waals surface area contributed by atoms with Crippen LogP contribution in [0, 0.1) is 11.7 Å². The Bertz CT molecular complexity index is 1850. The van der Waals surface area contributed by atoms with Crippen LogP contribution in [-0.4, -0.2) is 36.0 Å². The maximum atomic E-state index is 13.5. The van der Waals surface area contributed by atoms with Gasteiger partial charge in [0.1, 0.15) is 22.7 Å². The molecule has 1 amide bonds. The second-order valence-corrected chi connectivity index (χ2v) is 10.3. The largest absolute Gasteiger partial charge is 0.338 e. The molecule has 5 heterocycles. The number of H-pyrrole nitrogens is 2. The van der Waals surface area contributed by atoms with E-state index in [4.69, 9.17) is 4.98 Å². The van der Waals surface area contributed by atoms with Gasteiger partial charge in [0.25, 0.3) is 0 Å². The monoisotopic (exact) mass is 531 g/mol. The summed E-state index contributed by atoms with van der Waals surface area (Å²) in [5.74, 6) is -0.151. The number of carbonyl (C=O) groups is 1. The molecule has 3 N–H and O–H groups in total. The summed E-state index contributed by atoms with van der Waals surface area (Å²) < 4.78 is 13.5. The summed E-state index contributed by atoms with van der Waals surface area (Å²) in [6.07, 6.45) is 10.4. The number of nitrogens with zero attached hydrogens (tertiary/aromatic N) is 4. The summed E-state index contributed by atoms with van der Waals surface area (Å²) >= 11 is 0. The van der Waals surface area contributed by atoms with Crippen molar-refractivity contribution >= 4 is 33.7 Å². The number of hydrogen-bond donors (Lipinski definition) is 3. The van der Waals surface area contributed by atoms with Crippen LogP contribution in [0.25, 0.3) is 55.8 Å². The van der Waals surface area contributed by atoms with Crippen LogP contribution in [0.15, 0.2) is 73.2 Å². The Kier molecular flexibility index (Phi) is 6.03. The van der Waals surface area contributed by atoms with Crippen molar-refractivity contribution in [2.24, 2.45) is 5.92 Å². The summed E-state index contributed by atoms with van der Waals surface area (Å²) in [5.41, 5.74) is 7.64. The fourth-order valence-electron chi connectivity index (χ4n) is 5.54. The summed E-state index contributed by atoms with van der Waals surface area (Å²) in [6.45, 7) is 0. The lowest BCUT2D eigenvalue weighted by atomic mass is 9.88. The molecule has 1 fully saturated rings. The van der Waals surface area contributed by atoms with E-state index in [-0.39, 0.29) is 17.6 Å². The average molecular weight is 532 g/mol. The maximum absolute atomic E-state index is 13.5. The highest BCUT2D eigenvalue weighted by Crippen LogP contribution is 2.34. The van der Waals surface area contributed by atoms with E-state index in [0.29, 0.717) is 22.5 Å². The van der Waals surface area contributed by atoms with E-state index >= 15 is 0 Å². The van der Waals surface area contributed by atoms with Gasteiger partial charge < -0.3 is 10.3 Å². The van der Waals surface area contributed by atoms with Crippen LogP contribution in [0.1, 0.15) is 32.1 Å². The number of pyridine rings is 3. The first-order valence-corrected chi connectivity index (χ1v) is 13.5. The number of carbonyl (C=O) groups excluding carboxylic acids is 1. The van der Waals surface area contributed by atoms with E-state index in [0.717, 1.165) is 64.7 Å². The van der Waals surface area contributed by atoms with Crippen molar-refractivity contribution in [3.63, 3.8) is 0 Å². The Balaban J connectivity index is 1.22. The third-order valence-electron chi connectivity index (χ3n) is 7.63. The molecular formula is C31H26FN7O. The number of fused-ring (bicyclic) bond motifs is 2. The SMILES string of the molecule is O=C(Nc1cncc(-c2ccc3[nH]nc(-c4cc5c(-c6ccc(F)cc6)ccnc5[nH]4)c3n2)c1)C1CCCCC1. The van der Waals surface area contributed by atoms with E-state index in [1.807, 2.05) is 30.3 Å². The van der Waals surface area contributed by atoms with E-state index in [9.17, 15) is 9.18 Å². The molecule has 0 aliphatic heterocycles. The summed E-state index contributed by atoms with van der Waals surface area (Å²) in [6, 6.07) is 16.1. The first-order valence-electron chi connectivity index (χ1n) is 13.5. The van der Waals surface area contributed by atoms with Gasteiger partial charge in [0.05, 0.1) is 28.8 Å². The lowest BCUT2D eigenvalue weighted by molar-refractivity contribution is -0.120. The van der Waals surface area contributed by atoms with E-state index < -0.39 is 0 Å². The fourth-order valence-corrected chi connectivity index (χ4v) is 5.54. The zero-order valence-electron chi connectivity index (χ0n) is 21.6. The molecule has 9 heteroatoms. The van der Waals surface area contributed by atoms with Crippen molar-refractivity contribution in [2.75, 3.05) is 5.32 Å². The van der Waals surface area contributed by atoms with Gasteiger partial charge in [-0.15, -0.1) is 0 Å². The second kappa shape index (κ2) is 10.00. The number of amides is 1. The minimum absolute atomic E-state index is 0.0617. The van der Waals surface area contributed by atoms with Crippen molar-refractivity contribution in [1.82, 2.24) is 30.1 Å². The Morgan fingerprint density at radius 3 is 2.65 bits per heavy atom. The molecule has 0 atom stereocenters. The molecule has 6 aromatic rings. The third kappa shape index (κ3) is 4.49. The number of nitrogens with one attached hydrogen (secondary N) is 3. The molecule has 198 valence electrons. The van der Waals surface area contributed by atoms with Gasteiger partial charge in [-0.05, 0) is 66.4 Å². The van der Waals surface area contributed by atoms with Crippen molar-refractivity contribution < 1.29 is 9.18 Å². The third-order valence-corrected chi connectivity index (χ3v) is 7.63. The number of benzene rings is 1. The van der Waals surface area contributed by atoms with Crippen LogP contribution < -0.4 is 5.32 Å². The van der Waals surface area contributed by atoms with Crippen LogP contribution in [0.2, 0.25) is 0 Å². The Hall–Kier alpha value is -4.92. The molecule has 0 bridgehead atoms. The maximum Gasteiger partial charge on any atom is 0.227 e. The number of aromatic amines is 2. The highest BCUT2D eigenvalue weighted by atomic mass is 19.1. The van der Waals surface area contributed by atoms with Gasteiger partial charge in [-0.3, -0.25) is 14.9 Å². The second-order valence-electron chi connectivity index (χ2n) is 10.3. The molecule has 0 radical (unpaired) electrons. The topological polar surface area (TPSA) is 112 Å². The molecule has 40 heavy (non-hydrogen) atoms. The molecule has 1 aliphatic carbocycles. The van der Waals surface area contributed by atoms with Crippen LogP contribution >= 0.6 is 0 Å². The van der Waals surface area contributed by atoms with Crippen molar-refractivity contribution in [1.29, 1.82) is 0 Å². The van der Waals surface area contributed by atoms with Crippen molar-refractivity contribution in [3.8, 4) is 33.8 Å². The van der Waals surface area contributed by atoms with Gasteiger partial charge >= 0.3 is 0 Å². The van der Waals surface area contributed by atoms with Gasteiger partial charge in [-0.25, -0.2) is 14.4 Å². The van der Waals surface area contributed by atoms with Gasteiger partial charge in [-0.1, -0.05) is 31.4 Å². The van der Waals surface area contributed by atoms with Gasteiger partial charge in [0.2, 0.25) is 5.91 Å². The summed E-state index contributed by atoms with van der Waals surface area (Å²) in [4.78, 5) is 29.9. The molecule has 0 saturated heterocycles. The molecule has 1 aliphatic rings. The van der Waals surface area contributed by atoms with Crippen LogP contribution in [0.3, 0.4) is 0 Å². The minimum atomic E-state index is -0.277. The first kappa shape index (κ1) is 24.1. The number of rotatable bonds is 5. The van der Waals surface area contributed by atoms with E-state index in [1.54, 1.807) is 30.7 Å². The molecule has 0 unspecified atom stereocenters. The van der Waals surface area contributed by atoms with Crippen LogP contribution in [0.4, 0.5) is 10.1 Å². The molecule has 7 rings (SSSR count). The molecule has 5 aromatic heterocycles. The van der Waals surface area contributed by atoms with Crippen LogP contribution in [0.5, 0.6) is 0 Å². The average Bonchev–Trinajstić information content (AvgIpc) is 3.62. The highest BCUT2D eigenvalue weighted by Gasteiger charge is 2.21. The van der Waals surface area contributed by atoms with Crippen molar-refractivity contribution in [2.45, 2.75) is 32.1 Å².